The zero-order valence-corrected chi connectivity index (χ0v) is 17.0. The molecule has 29 heavy (non-hydrogen) atoms. The number of aromatic nitrogens is 3. The fourth-order valence-corrected chi connectivity index (χ4v) is 3.63. The van der Waals surface area contributed by atoms with Crippen molar-refractivity contribution in [1.29, 1.82) is 0 Å². The fraction of sp³-hybridized carbons (Fsp3) is 0.160. The van der Waals surface area contributed by atoms with Gasteiger partial charge >= 0.3 is 5.82 Å². The number of methoxy groups -OCH3 is 1. The van der Waals surface area contributed by atoms with Crippen molar-refractivity contribution in [2.45, 2.75) is 20.6 Å². The van der Waals surface area contributed by atoms with Crippen LogP contribution >= 0.6 is 0 Å². The van der Waals surface area contributed by atoms with Gasteiger partial charge in [0, 0.05) is 24.8 Å². The van der Waals surface area contributed by atoms with Gasteiger partial charge in [-0.25, -0.2) is 4.57 Å². The maximum atomic E-state index is 5.20. The summed E-state index contributed by atoms with van der Waals surface area (Å²) in [5.41, 5.74) is 7.33. The van der Waals surface area contributed by atoms with Gasteiger partial charge in [0.2, 0.25) is 0 Å². The predicted octanol–water partition coefficient (Wildman–Crippen LogP) is 4.20. The number of aryl methyl sites for hydroxylation is 2. The lowest BCUT2D eigenvalue weighted by Gasteiger charge is -2.09. The van der Waals surface area contributed by atoms with Gasteiger partial charge in [0.25, 0.3) is 6.73 Å². The molecule has 1 aromatic carbocycles. The van der Waals surface area contributed by atoms with Crippen LogP contribution in [0.1, 0.15) is 11.1 Å². The molecule has 4 aromatic rings. The van der Waals surface area contributed by atoms with E-state index in [9.17, 15) is 0 Å². The smallest absolute Gasteiger partial charge is 0.327 e. The summed E-state index contributed by atoms with van der Waals surface area (Å²) in [5.74, 6) is 0.919. The highest BCUT2D eigenvalue weighted by Gasteiger charge is 2.11. The van der Waals surface area contributed by atoms with Gasteiger partial charge in [0.1, 0.15) is 6.20 Å². The molecular formula is C25H25N3O+2. The van der Waals surface area contributed by atoms with Crippen molar-refractivity contribution in [2.24, 2.45) is 0 Å². The maximum absolute atomic E-state index is 5.20. The van der Waals surface area contributed by atoms with E-state index in [2.05, 4.69) is 84.6 Å². The Bertz CT molecular complexity index is 1120. The van der Waals surface area contributed by atoms with E-state index in [4.69, 9.17) is 4.74 Å². The van der Waals surface area contributed by atoms with Crippen molar-refractivity contribution >= 4 is 0 Å². The van der Waals surface area contributed by atoms with E-state index < -0.39 is 0 Å². The van der Waals surface area contributed by atoms with Gasteiger partial charge in [-0.1, -0.05) is 30.3 Å². The van der Waals surface area contributed by atoms with Crippen molar-refractivity contribution in [3.05, 3.63) is 96.7 Å². The second-order valence-electron chi connectivity index (χ2n) is 7.19. The maximum Gasteiger partial charge on any atom is 0.327 e. The van der Waals surface area contributed by atoms with Gasteiger partial charge in [-0.05, 0) is 58.8 Å². The summed E-state index contributed by atoms with van der Waals surface area (Å²) in [6.45, 7) is 4.83. The summed E-state index contributed by atoms with van der Waals surface area (Å²) in [7, 11) is 1.71. The van der Waals surface area contributed by atoms with E-state index in [1.807, 2.05) is 29.0 Å². The second kappa shape index (κ2) is 8.33. The van der Waals surface area contributed by atoms with Crippen LogP contribution in [0.3, 0.4) is 0 Å². The lowest BCUT2D eigenvalue weighted by atomic mass is 9.97. The number of nitrogens with zero attached hydrogens (tertiary/aromatic N) is 3. The molecule has 0 aliphatic rings. The summed E-state index contributed by atoms with van der Waals surface area (Å²) in [4.78, 5) is 4.42. The van der Waals surface area contributed by atoms with Crippen LogP contribution in [0.15, 0.2) is 85.6 Å². The Kier molecular flexibility index (Phi) is 5.45. The number of hydrogen-bond acceptors (Lipinski definition) is 2. The van der Waals surface area contributed by atoms with Crippen LogP contribution in [0.5, 0.6) is 0 Å². The van der Waals surface area contributed by atoms with Gasteiger partial charge in [-0.2, -0.15) is 4.57 Å². The standard InChI is InChI=1S/C25H25N3O/c1-19-16-27(18-29-3)14-11-23(19)21-7-9-22(10-8-21)24-12-15-28(17-20(24)2)25-6-4-5-13-26-25/h4-17H,18H2,1-3H3/q+2. The first-order valence-corrected chi connectivity index (χ1v) is 9.68. The number of benzene rings is 1. The SMILES string of the molecule is COC[n+]1ccc(-c2ccc(-c3cc[n+](-c4ccccn4)cc3C)cc2)c(C)c1. The first-order valence-electron chi connectivity index (χ1n) is 9.68. The van der Waals surface area contributed by atoms with Gasteiger partial charge in [-0.3, -0.25) is 0 Å². The first-order chi connectivity index (χ1) is 14.2. The zero-order valence-electron chi connectivity index (χ0n) is 17.0. The third kappa shape index (κ3) is 4.08. The molecule has 3 aromatic heterocycles. The van der Waals surface area contributed by atoms with Crippen LogP contribution in [-0.4, -0.2) is 12.1 Å². The minimum atomic E-state index is 0.561. The monoisotopic (exact) mass is 383 g/mol. The van der Waals surface area contributed by atoms with Crippen LogP contribution < -0.4 is 9.13 Å². The van der Waals surface area contributed by atoms with Crippen LogP contribution in [0.2, 0.25) is 0 Å². The normalized spacial score (nSPS) is 10.9. The Morgan fingerprint density at radius 3 is 2.00 bits per heavy atom. The molecule has 0 bridgehead atoms. The van der Waals surface area contributed by atoms with Crippen molar-refractivity contribution in [1.82, 2.24) is 4.98 Å². The van der Waals surface area contributed by atoms with Crippen molar-refractivity contribution < 1.29 is 13.9 Å². The molecule has 3 heterocycles. The lowest BCUT2D eigenvalue weighted by molar-refractivity contribution is -0.731. The molecular weight excluding hydrogens is 358 g/mol. The predicted molar refractivity (Wildman–Crippen MR) is 113 cm³/mol. The van der Waals surface area contributed by atoms with Gasteiger partial charge in [-0.15, -0.1) is 0 Å². The van der Waals surface area contributed by atoms with Crippen molar-refractivity contribution in [3.63, 3.8) is 0 Å². The Morgan fingerprint density at radius 1 is 0.793 bits per heavy atom. The molecule has 0 unspecified atom stereocenters. The summed E-state index contributed by atoms with van der Waals surface area (Å²) in [6.07, 6.45) is 10.2. The summed E-state index contributed by atoms with van der Waals surface area (Å²) >= 11 is 0. The molecule has 0 saturated carbocycles. The highest BCUT2D eigenvalue weighted by Crippen LogP contribution is 2.27. The molecule has 0 aliphatic carbocycles. The third-order valence-corrected chi connectivity index (χ3v) is 5.08. The Balaban J connectivity index is 1.61. The molecule has 0 spiro atoms. The van der Waals surface area contributed by atoms with E-state index in [1.54, 1.807) is 7.11 Å². The van der Waals surface area contributed by atoms with Crippen LogP contribution in [-0.2, 0) is 11.5 Å². The van der Waals surface area contributed by atoms with E-state index in [1.165, 1.54) is 33.4 Å². The number of rotatable bonds is 5. The minimum Gasteiger partial charge on any atom is -0.327 e. The van der Waals surface area contributed by atoms with Crippen molar-refractivity contribution in [3.8, 4) is 28.1 Å². The molecule has 0 N–H and O–H groups in total. The average molecular weight is 383 g/mol. The summed E-state index contributed by atoms with van der Waals surface area (Å²) in [5, 5.41) is 0. The highest BCUT2D eigenvalue weighted by molar-refractivity contribution is 5.72. The molecule has 4 nitrogen and oxygen atoms in total. The fourth-order valence-electron chi connectivity index (χ4n) is 3.63. The Morgan fingerprint density at radius 2 is 1.45 bits per heavy atom. The van der Waals surface area contributed by atoms with Gasteiger partial charge in [0.15, 0.2) is 12.4 Å². The molecule has 4 heteroatoms. The molecule has 0 saturated heterocycles. The average Bonchev–Trinajstić information content (AvgIpc) is 2.75. The van der Waals surface area contributed by atoms with Crippen LogP contribution in [0.25, 0.3) is 28.1 Å². The first kappa shape index (κ1) is 19.0. The molecule has 0 atom stereocenters. The number of ether oxygens (including phenoxy) is 1. The van der Waals surface area contributed by atoms with Gasteiger partial charge in [0.05, 0.1) is 12.4 Å². The molecule has 0 fully saturated rings. The summed E-state index contributed by atoms with van der Waals surface area (Å²) < 4.78 is 9.29. The molecule has 0 aliphatic heterocycles. The number of pyridine rings is 3. The molecule has 144 valence electrons. The van der Waals surface area contributed by atoms with Gasteiger partial charge < -0.3 is 4.74 Å². The number of hydrogen-bond donors (Lipinski definition) is 0. The van der Waals surface area contributed by atoms with E-state index >= 15 is 0 Å². The minimum absolute atomic E-state index is 0.561. The third-order valence-electron chi connectivity index (χ3n) is 5.08. The Hall–Kier alpha value is -3.37. The highest BCUT2D eigenvalue weighted by atomic mass is 16.5. The molecule has 0 amide bonds. The van der Waals surface area contributed by atoms with Crippen molar-refractivity contribution in [2.75, 3.05) is 7.11 Å². The second-order valence-corrected chi connectivity index (χ2v) is 7.19. The quantitative estimate of drug-likeness (QED) is 0.484. The largest absolute Gasteiger partial charge is 0.327 e. The van der Waals surface area contributed by atoms with E-state index in [-0.39, 0.29) is 0 Å². The topological polar surface area (TPSA) is 29.9 Å². The van der Waals surface area contributed by atoms with E-state index in [0.717, 1.165) is 5.82 Å². The Labute approximate surface area is 171 Å². The zero-order chi connectivity index (χ0) is 20.2. The lowest BCUT2D eigenvalue weighted by Crippen LogP contribution is -2.34. The van der Waals surface area contributed by atoms with Crippen LogP contribution in [0, 0.1) is 13.8 Å². The molecule has 0 radical (unpaired) electrons. The summed E-state index contributed by atoms with van der Waals surface area (Å²) in [6, 6.07) is 19.0. The van der Waals surface area contributed by atoms with E-state index in [0.29, 0.717) is 6.73 Å². The van der Waals surface area contributed by atoms with Crippen LogP contribution in [0.4, 0.5) is 0 Å². The molecule has 4 rings (SSSR count).